The van der Waals surface area contributed by atoms with Crippen LogP contribution < -0.4 is 3.58 Å². The molecule has 1 aromatic rings. The minimum atomic E-state index is -4.31. The topological polar surface area (TPSA) is 12.9 Å². The van der Waals surface area contributed by atoms with Crippen LogP contribution in [0.4, 0.5) is 13.2 Å². The molecule has 1 aromatic heterocycles. The van der Waals surface area contributed by atoms with Crippen LogP contribution >= 0.6 is 0 Å². The zero-order valence-corrected chi connectivity index (χ0v) is 8.69. The predicted octanol–water partition coefficient (Wildman–Crippen LogP) is 0.626. The van der Waals surface area contributed by atoms with Gasteiger partial charge < -0.3 is 0 Å². The molecule has 0 atom stereocenters. The zero-order chi connectivity index (χ0) is 8.48. The number of nitrogens with zero attached hydrogens (tertiary/aromatic N) is 1. The van der Waals surface area contributed by atoms with E-state index >= 15 is 0 Å². The van der Waals surface area contributed by atoms with E-state index in [0.29, 0.717) is 0 Å². The Kier molecular flexibility index (Phi) is 2.41. The van der Waals surface area contributed by atoms with Crippen molar-refractivity contribution in [3.63, 3.8) is 0 Å². The van der Waals surface area contributed by atoms with Gasteiger partial charge in [0.25, 0.3) is 0 Å². The number of halogens is 3. The number of hydrogen-bond acceptors (Lipinski definition) is 1. The fourth-order valence-corrected chi connectivity index (χ4v) is 1.06. The first-order valence-corrected chi connectivity index (χ1v) is 4.43. The van der Waals surface area contributed by atoms with Crippen LogP contribution in [0.1, 0.15) is 5.69 Å². The monoisotopic (exact) mass is 267 g/mol. The molecule has 0 aliphatic heterocycles. The van der Waals surface area contributed by atoms with Crippen molar-refractivity contribution in [2.45, 2.75) is 6.18 Å². The van der Waals surface area contributed by atoms with Gasteiger partial charge in [-0.05, 0) is 0 Å². The van der Waals surface area contributed by atoms with Crippen molar-refractivity contribution < 1.29 is 13.2 Å². The molecule has 0 saturated carbocycles. The molecule has 0 fully saturated rings. The average Bonchev–Trinajstić information content (AvgIpc) is 1.86. The average molecular weight is 266 g/mol. The molecule has 11 heavy (non-hydrogen) atoms. The number of aromatic nitrogens is 1. The molecule has 0 amide bonds. The van der Waals surface area contributed by atoms with Gasteiger partial charge in [0.05, 0.1) is 0 Å². The molecule has 0 N–H and O–H groups in total. The minimum absolute atomic E-state index is 0.790. The van der Waals surface area contributed by atoms with Gasteiger partial charge >= 0.3 is 74.5 Å². The van der Waals surface area contributed by atoms with Gasteiger partial charge in [-0.25, -0.2) is 0 Å². The van der Waals surface area contributed by atoms with Crippen molar-refractivity contribution in [2.24, 2.45) is 0 Å². The summed E-state index contributed by atoms with van der Waals surface area (Å²) >= 11 is 0.790. The first kappa shape index (κ1) is 8.83. The molecular formula is C6H4F3NSn. The number of rotatable bonds is 0. The molecule has 0 aliphatic rings. The Morgan fingerprint density at radius 3 is 2.27 bits per heavy atom. The number of hydrogen-bond donors (Lipinski definition) is 0. The van der Waals surface area contributed by atoms with E-state index in [2.05, 4.69) is 4.98 Å². The van der Waals surface area contributed by atoms with E-state index in [1.165, 1.54) is 12.3 Å². The van der Waals surface area contributed by atoms with E-state index in [4.69, 9.17) is 0 Å². The van der Waals surface area contributed by atoms with Gasteiger partial charge in [-0.2, -0.15) is 0 Å². The van der Waals surface area contributed by atoms with Gasteiger partial charge in [0.15, 0.2) is 0 Å². The van der Waals surface area contributed by atoms with Gasteiger partial charge in [-0.3, -0.25) is 0 Å². The molecule has 0 aromatic carbocycles. The van der Waals surface area contributed by atoms with E-state index in [9.17, 15) is 13.2 Å². The second-order valence-corrected chi connectivity index (χ2v) is 3.88. The van der Waals surface area contributed by atoms with Gasteiger partial charge in [0, 0.05) is 0 Å². The van der Waals surface area contributed by atoms with Crippen molar-refractivity contribution in [3.05, 3.63) is 24.0 Å². The summed E-state index contributed by atoms with van der Waals surface area (Å²) in [5.41, 5.74) is -0.824. The van der Waals surface area contributed by atoms with Gasteiger partial charge in [-0.15, -0.1) is 0 Å². The summed E-state index contributed by atoms with van der Waals surface area (Å²) < 4.78 is 36.5. The first-order chi connectivity index (χ1) is 5.00. The standard InChI is InChI=1S/C6H3F3N.Sn.H/c7-6(8,9)5-3-1-2-4-10-5;;/h1,3-4H;;. The second-order valence-electron chi connectivity index (χ2n) is 1.97. The fourth-order valence-electron chi connectivity index (χ4n) is 0.573. The Bertz CT molecular complexity index is 241. The molecular weight excluding hydrogens is 262 g/mol. The number of alkyl halides is 3. The summed E-state index contributed by atoms with van der Waals surface area (Å²) in [6, 6.07) is 2.44. The van der Waals surface area contributed by atoms with Crippen LogP contribution in [0.5, 0.6) is 0 Å². The normalized spacial score (nSPS) is 11.6. The van der Waals surface area contributed by atoms with Crippen LogP contribution in [0.25, 0.3) is 0 Å². The molecule has 0 spiro atoms. The van der Waals surface area contributed by atoms with E-state index in [1.807, 2.05) is 0 Å². The molecule has 0 unspecified atom stereocenters. The summed E-state index contributed by atoms with van der Waals surface area (Å²) in [4.78, 5) is 3.26. The molecule has 0 bridgehead atoms. The van der Waals surface area contributed by atoms with Crippen LogP contribution in [0.15, 0.2) is 18.3 Å². The van der Waals surface area contributed by atoms with Crippen molar-refractivity contribution >= 4 is 26.1 Å². The zero-order valence-electron chi connectivity index (χ0n) is 5.39. The Balaban J connectivity index is 2.99. The Hall–Kier alpha value is -0.261. The van der Waals surface area contributed by atoms with Crippen molar-refractivity contribution in [1.82, 2.24) is 4.98 Å². The van der Waals surface area contributed by atoms with E-state index < -0.39 is 11.9 Å². The summed E-state index contributed by atoms with van der Waals surface area (Å²) in [6.07, 6.45) is -3.06. The summed E-state index contributed by atoms with van der Waals surface area (Å²) in [5.74, 6) is 0. The fraction of sp³-hybridized carbons (Fsp3) is 0.167. The van der Waals surface area contributed by atoms with E-state index in [0.717, 1.165) is 32.2 Å². The molecule has 1 rings (SSSR count). The van der Waals surface area contributed by atoms with Crippen LogP contribution in [-0.2, 0) is 6.18 Å². The van der Waals surface area contributed by atoms with Crippen molar-refractivity contribution in [3.8, 4) is 0 Å². The van der Waals surface area contributed by atoms with Gasteiger partial charge in [0.2, 0.25) is 0 Å². The third-order valence-electron chi connectivity index (χ3n) is 1.08. The SMILES string of the molecule is FC(F)(F)c1cc[c]([SnH])cn1. The van der Waals surface area contributed by atoms with Gasteiger partial charge in [-0.1, -0.05) is 0 Å². The maximum absolute atomic E-state index is 11.9. The molecule has 5 heteroatoms. The Labute approximate surface area is 74.7 Å². The molecule has 0 aliphatic carbocycles. The van der Waals surface area contributed by atoms with E-state index in [-0.39, 0.29) is 0 Å². The molecule has 1 nitrogen and oxygen atoms in total. The molecule has 1 heterocycles. The van der Waals surface area contributed by atoms with Crippen LogP contribution in [0.2, 0.25) is 0 Å². The quantitative estimate of drug-likeness (QED) is 0.627. The third kappa shape index (κ3) is 2.35. The maximum atomic E-state index is 11.9. The summed E-state index contributed by atoms with van der Waals surface area (Å²) in [5, 5.41) is 0. The molecule has 2 radical (unpaired) electrons. The third-order valence-corrected chi connectivity index (χ3v) is 2.05. The number of pyridine rings is 1. The van der Waals surface area contributed by atoms with Crippen molar-refractivity contribution in [1.29, 1.82) is 0 Å². The molecule has 0 saturated heterocycles. The van der Waals surface area contributed by atoms with Crippen LogP contribution in [0.3, 0.4) is 0 Å². The van der Waals surface area contributed by atoms with Crippen LogP contribution in [0, 0.1) is 0 Å². The summed E-state index contributed by atoms with van der Waals surface area (Å²) in [7, 11) is 0. The van der Waals surface area contributed by atoms with E-state index in [1.54, 1.807) is 0 Å². The Morgan fingerprint density at radius 2 is 1.91 bits per heavy atom. The predicted molar refractivity (Wildman–Crippen MR) is 36.0 cm³/mol. The second kappa shape index (κ2) is 3.00. The van der Waals surface area contributed by atoms with Gasteiger partial charge in [0.1, 0.15) is 0 Å². The summed E-state index contributed by atoms with van der Waals surface area (Å²) in [6.45, 7) is 0. The van der Waals surface area contributed by atoms with Crippen molar-refractivity contribution in [2.75, 3.05) is 0 Å². The van der Waals surface area contributed by atoms with Crippen LogP contribution in [-0.4, -0.2) is 27.5 Å². The Morgan fingerprint density at radius 1 is 1.27 bits per heavy atom. The molecule has 58 valence electrons. The first-order valence-electron chi connectivity index (χ1n) is 2.79.